The van der Waals surface area contributed by atoms with Gasteiger partial charge in [0.15, 0.2) is 17.7 Å². The zero-order chi connectivity index (χ0) is 15.9. The average molecular weight is 325 g/mol. The molecule has 0 amide bonds. The van der Waals surface area contributed by atoms with Crippen LogP contribution in [-0.4, -0.2) is 42.1 Å². The fraction of sp³-hybridized carbons (Fsp3) is 0.583. The summed E-state index contributed by atoms with van der Waals surface area (Å²) in [6.07, 6.45) is 1.83. The number of thiol groups is 1. The Balaban J connectivity index is 2.01. The first-order chi connectivity index (χ1) is 10.6. The Hall–Kier alpha value is -1.62. The number of anilines is 2. The summed E-state index contributed by atoms with van der Waals surface area (Å²) < 4.78 is 7.64. The molecular weight excluding hydrogens is 306 g/mol. The number of aromatic nitrogens is 4. The lowest BCUT2D eigenvalue weighted by Gasteiger charge is -2.17. The summed E-state index contributed by atoms with van der Waals surface area (Å²) in [5.41, 5.74) is 9.15. The molecule has 1 fully saturated rings. The number of aliphatic hydroxyl groups excluding tert-OH is 1. The van der Waals surface area contributed by atoms with Crippen molar-refractivity contribution in [3.8, 4) is 0 Å². The lowest BCUT2D eigenvalue weighted by molar-refractivity contribution is -0.0207. The van der Waals surface area contributed by atoms with Crippen LogP contribution in [0.2, 0.25) is 0 Å². The van der Waals surface area contributed by atoms with Crippen LogP contribution in [0.4, 0.5) is 11.8 Å². The molecule has 2 aromatic heterocycles. The molecule has 1 aliphatic rings. The van der Waals surface area contributed by atoms with Crippen molar-refractivity contribution in [1.82, 2.24) is 19.5 Å². The fourth-order valence-corrected chi connectivity index (χ4v) is 3.08. The third kappa shape index (κ3) is 2.37. The van der Waals surface area contributed by atoms with Gasteiger partial charge in [-0.1, -0.05) is 13.3 Å². The Morgan fingerprint density at radius 2 is 2.27 bits per heavy atom. The van der Waals surface area contributed by atoms with Crippen LogP contribution in [0.25, 0.3) is 11.2 Å². The highest BCUT2D eigenvalue weighted by atomic mass is 32.1. The van der Waals surface area contributed by atoms with Crippen LogP contribution in [0.3, 0.4) is 0 Å². The Morgan fingerprint density at radius 3 is 2.95 bits per heavy atom. The van der Waals surface area contributed by atoms with Crippen LogP contribution in [-0.2, 0) is 4.74 Å². The molecule has 0 aromatic carbocycles. The average Bonchev–Trinajstić information content (AvgIpc) is 3.04. The highest BCUT2D eigenvalue weighted by Gasteiger charge is 2.42. The van der Waals surface area contributed by atoms with Gasteiger partial charge in [0.1, 0.15) is 5.52 Å². The van der Waals surface area contributed by atoms with Gasteiger partial charge in [-0.2, -0.15) is 22.6 Å². The normalized spacial score (nSPS) is 28.4. The Kier molecular flexibility index (Phi) is 4.08. The summed E-state index contributed by atoms with van der Waals surface area (Å²) in [5.74, 6) is 5.75. The molecular formula is C12H19N7O2S. The Labute approximate surface area is 132 Å². The molecule has 1 saturated heterocycles. The molecule has 0 radical (unpaired) electrons. The number of nitrogen functional groups attached to an aromatic ring is 2. The third-order valence-electron chi connectivity index (χ3n) is 3.76. The quantitative estimate of drug-likeness (QED) is 0.302. The van der Waals surface area contributed by atoms with Crippen molar-refractivity contribution in [3.05, 3.63) is 6.33 Å². The van der Waals surface area contributed by atoms with Crippen LogP contribution in [0.1, 0.15) is 26.0 Å². The zero-order valence-corrected chi connectivity index (χ0v) is 12.9. The van der Waals surface area contributed by atoms with Gasteiger partial charge in [-0.3, -0.25) is 9.99 Å². The van der Waals surface area contributed by atoms with Gasteiger partial charge >= 0.3 is 0 Å². The number of nitrogens with two attached hydrogens (primary N) is 2. The van der Waals surface area contributed by atoms with Gasteiger partial charge < -0.3 is 15.6 Å². The summed E-state index contributed by atoms with van der Waals surface area (Å²) in [7, 11) is 0. The number of ether oxygens (including phenoxy) is 1. The van der Waals surface area contributed by atoms with Crippen molar-refractivity contribution in [3.63, 3.8) is 0 Å². The fourth-order valence-electron chi connectivity index (χ4n) is 2.67. The van der Waals surface area contributed by atoms with E-state index in [0.717, 1.165) is 12.8 Å². The molecule has 0 saturated carbocycles. The molecule has 22 heavy (non-hydrogen) atoms. The molecule has 3 rings (SSSR count). The van der Waals surface area contributed by atoms with Gasteiger partial charge in [0.2, 0.25) is 5.95 Å². The molecule has 0 bridgehead atoms. The van der Waals surface area contributed by atoms with E-state index in [2.05, 4.69) is 33.0 Å². The van der Waals surface area contributed by atoms with Crippen molar-refractivity contribution in [2.75, 3.05) is 11.2 Å². The van der Waals surface area contributed by atoms with Crippen LogP contribution >= 0.6 is 12.6 Å². The molecule has 120 valence electrons. The van der Waals surface area contributed by atoms with Gasteiger partial charge in [0.05, 0.1) is 23.8 Å². The molecule has 2 aromatic rings. The number of rotatable bonds is 4. The molecule has 1 aliphatic heterocycles. The lowest BCUT2D eigenvalue weighted by Crippen LogP contribution is -2.27. The minimum Gasteiger partial charge on any atom is -0.389 e. The van der Waals surface area contributed by atoms with E-state index in [4.69, 9.17) is 16.3 Å². The minimum atomic E-state index is -0.656. The Morgan fingerprint density at radius 1 is 1.50 bits per heavy atom. The molecule has 9 nitrogen and oxygen atoms in total. The molecule has 6 N–H and O–H groups in total. The maximum atomic E-state index is 10.3. The van der Waals surface area contributed by atoms with Crippen molar-refractivity contribution < 1.29 is 9.84 Å². The summed E-state index contributed by atoms with van der Waals surface area (Å²) in [6, 6.07) is 0. The van der Waals surface area contributed by atoms with Crippen molar-refractivity contribution in [1.29, 1.82) is 0 Å². The number of aliphatic hydroxyl groups is 1. The summed E-state index contributed by atoms with van der Waals surface area (Å²) in [5, 5.41) is 9.87. The number of nitrogens with zero attached hydrogens (tertiary/aromatic N) is 4. The maximum absolute atomic E-state index is 10.3. The summed E-state index contributed by atoms with van der Waals surface area (Å²) >= 11 is 4.48. The molecule has 3 heterocycles. The molecule has 0 unspecified atom stereocenters. The number of hydrogen-bond acceptors (Lipinski definition) is 9. The van der Waals surface area contributed by atoms with Crippen molar-refractivity contribution in [2.45, 2.75) is 43.5 Å². The van der Waals surface area contributed by atoms with Crippen LogP contribution in [0, 0.1) is 0 Å². The van der Waals surface area contributed by atoms with Crippen LogP contribution in [0.15, 0.2) is 6.33 Å². The van der Waals surface area contributed by atoms with Crippen molar-refractivity contribution >= 4 is 35.6 Å². The number of hydrazine groups is 1. The molecule has 0 aliphatic carbocycles. The zero-order valence-electron chi connectivity index (χ0n) is 12.0. The molecule has 4 atom stereocenters. The number of hydrogen-bond donors (Lipinski definition) is 5. The van der Waals surface area contributed by atoms with E-state index in [0.29, 0.717) is 11.2 Å². The van der Waals surface area contributed by atoms with Gasteiger partial charge in [0, 0.05) is 0 Å². The van der Waals surface area contributed by atoms with E-state index in [9.17, 15) is 5.11 Å². The van der Waals surface area contributed by atoms with E-state index in [1.165, 1.54) is 0 Å². The van der Waals surface area contributed by atoms with E-state index < -0.39 is 12.3 Å². The predicted molar refractivity (Wildman–Crippen MR) is 85.1 cm³/mol. The summed E-state index contributed by atoms with van der Waals surface area (Å²) in [6.45, 7) is 2.04. The van der Waals surface area contributed by atoms with E-state index >= 15 is 0 Å². The first-order valence-electron chi connectivity index (χ1n) is 7.05. The van der Waals surface area contributed by atoms with E-state index in [1.54, 1.807) is 10.9 Å². The van der Waals surface area contributed by atoms with E-state index in [1.807, 2.05) is 6.92 Å². The maximum Gasteiger partial charge on any atom is 0.241 e. The minimum absolute atomic E-state index is 0.186. The van der Waals surface area contributed by atoms with E-state index in [-0.39, 0.29) is 23.1 Å². The Bertz CT molecular complexity index is 679. The number of fused-ring (bicyclic) bond motifs is 1. The standard InChI is InChI=1S/C12H19N7O2S/c1-2-3-5-7(20)8(22)11(21-5)19-4-15-6-9(13)16-12(18-14)17-10(6)19/h4-5,7-8,11,20,22H,2-3,14H2,1H3,(H3,13,16,17,18)/t5-,7-,8-,11-/m1/s1. The third-order valence-corrected chi connectivity index (χ3v) is 4.32. The second kappa shape index (κ2) is 5.88. The lowest BCUT2D eigenvalue weighted by atomic mass is 10.1. The highest BCUT2D eigenvalue weighted by Crippen LogP contribution is 2.36. The van der Waals surface area contributed by atoms with Gasteiger partial charge in [-0.05, 0) is 6.42 Å². The predicted octanol–water partition coefficient (Wildman–Crippen LogP) is 0.0509. The monoisotopic (exact) mass is 325 g/mol. The SMILES string of the molecule is CCC[C@H]1O[C@@H](n2cnc3c(N)nc(NN)nc32)[C@H](S)[C@@H]1O. The van der Waals surface area contributed by atoms with Crippen LogP contribution in [0.5, 0.6) is 0 Å². The van der Waals surface area contributed by atoms with Gasteiger partial charge in [0.25, 0.3) is 0 Å². The molecule has 10 heteroatoms. The van der Waals surface area contributed by atoms with Crippen molar-refractivity contribution in [2.24, 2.45) is 5.84 Å². The smallest absolute Gasteiger partial charge is 0.241 e. The molecule has 0 spiro atoms. The van der Waals surface area contributed by atoms with Gasteiger partial charge in [-0.15, -0.1) is 0 Å². The van der Waals surface area contributed by atoms with Crippen LogP contribution < -0.4 is 17.0 Å². The second-order valence-electron chi connectivity index (χ2n) is 5.24. The second-order valence-corrected chi connectivity index (χ2v) is 5.83. The first kappa shape index (κ1) is 15.3. The number of imidazole rings is 1. The first-order valence-corrected chi connectivity index (χ1v) is 7.56. The highest BCUT2D eigenvalue weighted by molar-refractivity contribution is 7.81. The summed E-state index contributed by atoms with van der Waals surface area (Å²) in [4.78, 5) is 12.5. The number of nitrogens with one attached hydrogen (secondary N) is 1. The largest absolute Gasteiger partial charge is 0.389 e. The topological polar surface area (TPSA) is 137 Å². The van der Waals surface area contributed by atoms with Gasteiger partial charge in [-0.25, -0.2) is 10.8 Å².